The Labute approximate surface area is 283 Å². The summed E-state index contributed by atoms with van der Waals surface area (Å²) in [6, 6.07) is 17.8. The Kier molecular flexibility index (Phi) is 14.4. The third-order valence-electron chi connectivity index (χ3n) is 7.70. The van der Waals surface area contributed by atoms with E-state index in [1.54, 1.807) is 26.0 Å². The monoisotopic (exact) mass is 675 g/mol. The summed E-state index contributed by atoms with van der Waals surface area (Å²) < 4.78 is 5.15. The zero-order chi connectivity index (χ0) is 35.9. The number of rotatable bonds is 19. The van der Waals surface area contributed by atoms with Gasteiger partial charge in [-0.3, -0.25) is 33.6 Å². The van der Waals surface area contributed by atoms with Crippen molar-refractivity contribution in [3.8, 4) is 0 Å². The van der Waals surface area contributed by atoms with Crippen molar-refractivity contribution < 1.29 is 48.5 Å². The van der Waals surface area contributed by atoms with E-state index >= 15 is 0 Å². The minimum Gasteiger partial charge on any atom is -0.481 e. The van der Waals surface area contributed by atoms with Gasteiger partial charge in [-0.15, -0.1) is 0 Å². The zero-order valence-electron chi connectivity index (χ0n) is 27.3. The van der Waals surface area contributed by atoms with E-state index < -0.39 is 84.9 Å². The Morgan fingerprint density at radius 3 is 2.06 bits per heavy atom. The van der Waals surface area contributed by atoms with Gasteiger partial charge >= 0.3 is 17.9 Å². The van der Waals surface area contributed by atoms with Crippen molar-refractivity contribution in [3.63, 3.8) is 0 Å². The Balaban J connectivity index is 1.63. The number of nitrogens with one attached hydrogen (secondary N) is 3. The van der Waals surface area contributed by atoms with Crippen molar-refractivity contribution in [2.24, 2.45) is 5.92 Å². The molecule has 5 N–H and O–H groups in total. The molecule has 3 rings (SSSR count). The highest BCUT2D eigenvalue weighted by molar-refractivity contribution is 5.97. The molecule has 0 fully saturated rings. The molecule has 13 nitrogen and oxygen atoms in total. The van der Waals surface area contributed by atoms with Gasteiger partial charge < -0.3 is 30.9 Å². The topological polar surface area (TPSA) is 205 Å². The van der Waals surface area contributed by atoms with E-state index in [-0.39, 0.29) is 19.3 Å². The number of Topliss-reactive ketones (excluding diaryl/α,β-unsaturated/α-hetero) is 1. The molecule has 3 aromatic rings. The van der Waals surface area contributed by atoms with E-state index in [0.717, 1.165) is 16.3 Å². The van der Waals surface area contributed by atoms with E-state index in [9.17, 15) is 43.8 Å². The number of hydrogen-bond acceptors (Lipinski definition) is 8. The van der Waals surface area contributed by atoms with Crippen LogP contribution in [0, 0.1) is 5.92 Å². The molecule has 13 heteroatoms. The van der Waals surface area contributed by atoms with Crippen LogP contribution in [0.25, 0.3) is 10.8 Å². The van der Waals surface area contributed by atoms with Crippen molar-refractivity contribution >= 4 is 52.2 Å². The number of hydrogen-bond donors (Lipinski definition) is 5. The molecule has 49 heavy (non-hydrogen) atoms. The number of carbonyl (C=O) groups is 7. The molecular weight excluding hydrogens is 634 g/mol. The molecule has 3 aromatic carbocycles. The van der Waals surface area contributed by atoms with Gasteiger partial charge in [-0.25, -0.2) is 0 Å². The lowest BCUT2D eigenvalue weighted by atomic mass is 10.0. The van der Waals surface area contributed by atoms with Crippen LogP contribution in [0.2, 0.25) is 0 Å². The molecule has 3 amide bonds. The molecule has 0 aromatic heterocycles. The fraction of sp³-hybridized carbons (Fsp3) is 0.361. The van der Waals surface area contributed by atoms with E-state index in [1.165, 1.54) is 0 Å². The second-order valence-electron chi connectivity index (χ2n) is 11.9. The average molecular weight is 676 g/mol. The van der Waals surface area contributed by atoms with E-state index in [1.807, 2.05) is 60.7 Å². The first-order valence-corrected chi connectivity index (χ1v) is 15.9. The number of aryl methyl sites for hydroxylation is 1. The summed E-state index contributed by atoms with van der Waals surface area (Å²) in [5, 5.41) is 27.7. The van der Waals surface area contributed by atoms with E-state index in [2.05, 4.69) is 16.0 Å². The lowest BCUT2D eigenvalue weighted by Crippen LogP contribution is -2.57. The largest absolute Gasteiger partial charge is 0.481 e. The van der Waals surface area contributed by atoms with Gasteiger partial charge in [0.2, 0.25) is 17.7 Å². The standard InChI is InChI=1S/C36H41N3O10/c1-22(2)34(39-35(47)27(16-18-31(42)43)37-30(41)17-15-23-9-4-3-5-10-23)36(48)38-28(20-32(44)45)29(40)21-49-33(46)19-25-13-8-12-24-11-6-7-14-26(24)25/h3-14,22,27-28,34H,15-21H2,1-2H3,(H,37,41)(H,38,48)(H,39,47)(H,42,43)(H,44,45). The van der Waals surface area contributed by atoms with Gasteiger partial charge in [0.15, 0.2) is 12.4 Å². The van der Waals surface area contributed by atoms with Gasteiger partial charge in [-0.05, 0) is 40.7 Å². The van der Waals surface area contributed by atoms with Crippen LogP contribution in [0.15, 0.2) is 72.8 Å². The number of amides is 3. The minimum absolute atomic E-state index is 0.0282. The lowest BCUT2D eigenvalue weighted by Gasteiger charge is -2.27. The van der Waals surface area contributed by atoms with Crippen molar-refractivity contribution in [2.75, 3.05) is 6.61 Å². The van der Waals surface area contributed by atoms with Gasteiger partial charge in [0.05, 0.1) is 12.8 Å². The number of benzene rings is 3. The van der Waals surface area contributed by atoms with Crippen molar-refractivity contribution in [2.45, 2.75) is 70.5 Å². The number of carboxylic acids is 2. The van der Waals surface area contributed by atoms with Crippen molar-refractivity contribution in [1.29, 1.82) is 0 Å². The molecule has 3 unspecified atom stereocenters. The maximum Gasteiger partial charge on any atom is 0.310 e. The van der Waals surface area contributed by atoms with Gasteiger partial charge in [-0.1, -0.05) is 86.6 Å². The first kappa shape index (κ1) is 37.9. The lowest BCUT2D eigenvalue weighted by molar-refractivity contribution is -0.149. The van der Waals surface area contributed by atoms with Crippen LogP contribution in [-0.2, 0) is 51.1 Å². The maximum atomic E-state index is 13.3. The molecule has 0 spiro atoms. The number of aliphatic carboxylic acids is 2. The molecule has 0 bridgehead atoms. The van der Waals surface area contributed by atoms with Crippen LogP contribution in [0.1, 0.15) is 50.7 Å². The summed E-state index contributed by atoms with van der Waals surface area (Å²) in [4.78, 5) is 87.7. The summed E-state index contributed by atoms with van der Waals surface area (Å²) in [7, 11) is 0. The first-order chi connectivity index (χ1) is 23.3. The predicted molar refractivity (Wildman–Crippen MR) is 178 cm³/mol. The Hall–Kier alpha value is -5.59. The molecule has 0 saturated carbocycles. The molecule has 3 atom stereocenters. The fourth-order valence-electron chi connectivity index (χ4n) is 5.08. The Morgan fingerprint density at radius 1 is 0.714 bits per heavy atom. The highest BCUT2D eigenvalue weighted by Gasteiger charge is 2.32. The highest BCUT2D eigenvalue weighted by atomic mass is 16.5. The van der Waals surface area contributed by atoms with Crippen LogP contribution in [0.4, 0.5) is 0 Å². The zero-order valence-corrected chi connectivity index (χ0v) is 27.3. The third kappa shape index (κ3) is 12.5. The molecule has 0 aliphatic heterocycles. The number of carbonyl (C=O) groups excluding carboxylic acids is 5. The number of ketones is 1. The molecule has 0 radical (unpaired) electrons. The van der Waals surface area contributed by atoms with Crippen molar-refractivity contribution in [1.82, 2.24) is 16.0 Å². The number of ether oxygens (including phenoxy) is 1. The quantitative estimate of drug-likeness (QED) is 0.117. The van der Waals surface area contributed by atoms with Gasteiger partial charge in [0, 0.05) is 12.8 Å². The average Bonchev–Trinajstić information content (AvgIpc) is 3.06. The van der Waals surface area contributed by atoms with Gasteiger partial charge in [-0.2, -0.15) is 0 Å². The van der Waals surface area contributed by atoms with Crippen LogP contribution in [0.3, 0.4) is 0 Å². The van der Waals surface area contributed by atoms with Crippen LogP contribution in [-0.4, -0.2) is 76.4 Å². The third-order valence-corrected chi connectivity index (χ3v) is 7.70. The second kappa shape index (κ2) is 18.7. The van der Waals surface area contributed by atoms with E-state index in [4.69, 9.17) is 4.74 Å². The number of esters is 1. The SMILES string of the molecule is CC(C)C(NC(=O)C(CCC(=O)O)NC(=O)CCc1ccccc1)C(=O)NC(CC(=O)O)C(=O)COC(=O)Cc1cccc2ccccc12. The smallest absolute Gasteiger partial charge is 0.310 e. The number of fused-ring (bicyclic) bond motifs is 1. The molecule has 0 saturated heterocycles. The molecule has 260 valence electrons. The predicted octanol–water partition coefficient (Wildman–Crippen LogP) is 2.58. The second-order valence-corrected chi connectivity index (χ2v) is 11.9. The normalized spacial score (nSPS) is 12.7. The van der Waals surface area contributed by atoms with E-state index in [0.29, 0.717) is 12.0 Å². The summed E-state index contributed by atoms with van der Waals surface area (Å²) in [6.45, 7) is 2.39. The summed E-state index contributed by atoms with van der Waals surface area (Å²) in [6.07, 6.45) is -1.24. The Bertz CT molecular complexity index is 1650. The molecule has 0 heterocycles. The number of carboxylic acid groups (broad SMARTS) is 2. The summed E-state index contributed by atoms with van der Waals surface area (Å²) in [5.74, 6) is -6.99. The fourth-order valence-corrected chi connectivity index (χ4v) is 5.08. The Morgan fingerprint density at radius 2 is 1.39 bits per heavy atom. The van der Waals surface area contributed by atoms with Crippen LogP contribution < -0.4 is 16.0 Å². The van der Waals surface area contributed by atoms with Gasteiger partial charge in [0.25, 0.3) is 0 Å². The van der Waals surface area contributed by atoms with Crippen molar-refractivity contribution in [3.05, 3.63) is 83.9 Å². The van der Waals surface area contributed by atoms with Crippen LogP contribution >= 0.6 is 0 Å². The minimum atomic E-state index is -1.59. The summed E-state index contributed by atoms with van der Waals surface area (Å²) in [5.41, 5.74) is 1.57. The maximum absolute atomic E-state index is 13.3. The molecule has 0 aliphatic carbocycles. The summed E-state index contributed by atoms with van der Waals surface area (Å²) >= 11 is 0. The highest BCUT2D eigenvalue weighted by Crippen LogP contribution is 2.19. The molecule has 0 aliphatic rings. The first-order valence-electron chi connectivity index (χ1n) is 15.9. The van der Waals surface area contributed by atoms with Crippen LogP contribution in [0.5, 0.6) is 0 Å². The van der Waals surface area contributed by atoms with Gasteiger partial charge in [0.1, 0.15) is 18.1 Å². The molecular formula is C36H41N3O10.